The molecule has 3 rings (SSSR count). The van der Waals surface area contributed by atoms with Crippen molar-refractivity contribution in [2.45, 2.75) is 25.3 Å². The van der Waals surface area contributed by atoms with Crippen LogP contribution in [0.1, 0.15) is 45.5 Å². The molecule has 1 unspecified atom stereocenters. The van der Waals surface area contributed by atoms with Crippen LogP contribution >= 0.6 is 0 Å². The van der Waals surface area contributed by atoms with Crippen molar-refractivity contribution in [1.29, 1.82) is 0 Å². The molecule has 0 fully saturated rings. The summed E-state index contributed by atoms with van der Waals surface area (Å²) in [7, 11) is 1.87. The number of carbonyl (C=O) groups is 2. The molecule has 0 bridgehead atoms. The summed E-state index contributed by atoms with van der Waals surface area (Å²) < 4.78 is 0. The predicted octanol–water partition coefficient (Wildman–Crippen LogP) is 5.25. The lowest BCUT2D eigenvalue weighted by Gasteiger charge is -2.29. The average molecular weight is 386 g/mol. The highest BCUT2D eigenvalue weighted by atomic mass is 16.2. The number of ketones is 2. The highest BCUT2D eigenvalue weighted by Crippen LogP contribution is 2.23. The van der Waals surface area contributed by atoms with Gasteiger partial charge in [-0.2, -0.15) is 0 Å². The summed E-state index contributed by atoms with van der Waals surface area (Å²) in [5.41, 5.74) is 2.34. The summed E-state index contributed by atoms with van der Waals surface area (Å²) in [5, 5.41) is 0. The molecule has 0 saturated carbocycles. The molecule has 0 heterocycles. The summed E-state index contributed by atoms with van der Waals surface area (Å²) in [6, 6.07) is 27.6. The van der Waals surface area contributed by atoms with Crippen molar-refractivity contribution >= 4 is 11.6 Å². The maximum atomic E-state index is 13.3. The van der Waals surface area contributed by atoms with E-state index >= 15 is 0 Å². The molecule has 148 valence electrons. The number of likely N-dealkylation sites (N-methyl/N-ethyl adjacent to an activating group) is 1. The van der Waals surface area contributed by atoms with Crippen LogP contribution in [0.2, 0.25) is 0 Å². The molecule has 3 nitrogen and oxygen atoms in total. The first-order chi connectivity index (χ1) is 14.1. The Bertz CT molecular complexity index is 871. The molecule has 0 aliphatic carbocycles. The normalized spacial score (nSPS) is 12.1. The Kier molecular flexibility index (Phi) is 7.09. The summed E-state index contributed by atoms with van der Waals surface area (Å²) in [6.07, 6.45) is 0.931. The first-order valence-electron chi connectivity index (χ1n) is 10.1. The lowest BCUT2D eigenvalue weighted by molar-refractivity contribution is 0.0723. The van der Waals surface area contributed by atoms with Crippen molar-refractivity contribution in [3.8, 4) is 0 Å². The number of rotatable bonds is 9. The average Bonchev–Trinajstić information content (AvgIpc) is 2.79. The van der Waals surface area contributed by atoms with Gasteiger partial charge in [0.2, 0.25) is 0 Å². The van der Waals surface area contributed by atoms with Gasteiger partial charge in [-0.25, -0.2) is 0 Å². The van der Waals surface area contributed by atoms with Gasteiger partial charge in [0.15, 0.2) is 11.6 Å². The molecular formula is C26H27NO2. The second-order valence-corrected chi connectivity index (χ2v) is 7.32. The van der Waals surface area contributed by atoms with Gasteiger partial charge in [-0.05, 0) is 24.9 Å². The van der Waals surface area contributed by atoms with Crippen molar-refractivity contribution in [3.05, 3.63) is 108 Å². The van der Waals surface area contributed by atoms with E-state index in [1.54, 1.807) is 24.3 Å². The van der Waals surface area contributed by atoms with Crippen molar-refractivity contribution in [2.75, 3.05) is 13.6 Å². The second kappa shape index (κ2) is 9.94. The van der Waals surface area contributed by atoms with Gasteiger partial charge in [-0.1, -0.05) is 97.9 Å². The Balaban J connectivity index is 1.91. The van der Waals surface area contributed by atoms with Crippen molar-refractivity contribution in [3.63, 3.8) is 0 Å². The van der Waals surface area contributed by atoms with Crippen LogP contribution in [-0.2, 0) is 0 Å². The first kappa shape index (κ1) is 20.7. The standard InChI is InChI=1S/C26H27NO2/c1-3-20(21-13-7-4-8-14-21)19-27(2)24(25(28)22-15-9-5-10-16-22)26(29)23-17-11-6-12-18-23/h4-18,20,24H,3,19H2,1-2H3. The van der Waals surface area contributed by atoms with Crippen LogP contribution in [0.4, 0.5) is 0 Å². The van der Waals surface area contributed by atoms with Crippen LogP contribution in [0.3, 0.4) is 0 Å². The van der Waals surface area contributed by atoms with Crippen LogP contribution < -0.4 is 0 Å². The fraction of sp³-hybridized carbons (Fsp3) is 0.231. The van der Waals surface area contributed by atoms with Gasteiger partial charge < -0.3 is 0 Å². The maximum absolute atomic E-state index is 13.3. The fourth-order valence-electron chi connectivity index (χ4n) is 3.69. The van der Waals surface area contributed by atoms with E-state index < -0.39 is 6.04 Å². The zero-order valence-electron chi connectivity index (χ0n) is 17.0. The Hall–Kier alpha value is -3.04. The van der Waals surface area contributed by atoms with Crippen LogP contribution in [0, 0.1) is 0 Å². The smallest absolute Gasteiger partial charge is 0.187 e. The quantitative estimate of drug-likeness (QED) is 0.373. The van der Waals surface area contributed by atoms with Crippen LogP contribution in [0.15, 0.2) is 91.0 Å². The Labute approximate surface area is 173 Å². The molecule has 3 heteroatoms. The van der Waals surface area contributed by atoms with Crippen molar-refractivity contribution < 1.29 is 9.59 Å². The fourth-order valence-corrected chi connectivity index (χ4v) is 3.69. The number of hydrogen-bond donors (Lipinski definition) is 0. The van der Waals surface area contributed by atoms with Gasteiger partial charge in [0.05, 0.1) is 0 Å². The monoisotopic (exact) mass is 385 g/mol. The summed E-state index contributed by atoms with van der Waals surface area (Å²) in [6.45, 7) is 2.76. The lowest BCUT2D eigenvalue weighted by atomic mass is 9.92. The molecular weight excluding hydrogens is 358 g/mol. The third-order valence-corrected chi connectivity index (χ3v) is 5.33. The molecule has 0 aliphatic heterocycles. The molecule has 3 aromatic carbocycles. The van der Waals surface area contributed by atoms with E-state index in [1.807, 2.05) is 66.5 Å². The summed E-state index contributed by atoms with van der Waals surface area (Å²) in [4.78, 5) is 28.6. The largest absolute Gasteiger partial charge is 0.292 e. The molecule has 0 N–H and O–H groups in total. The highest BCUT2D eigenvalue weighted by molar-refractivity contribution is 6.19. The van der Waals surface area contributed by atoms with Crippen LogP contribution in [0.5, 0.6) is 0 Å². The number of carbonyl (C=O) groups excluding carboxylic acids is 2. The van der Waals surface area contributed by atoms with Crippen molar-refractivity contribution in [2.24, 2.45) is 0 Å². The van der Waals surface area contributed by atoms with E-state index in [2.05, 4.69) is 19.1 Å². The topological polar surface area (TPSA) is 37.4 Å². The third kappa shape index (κ3) is 5.07. The van der Waals surface area contributed by atoms with Gasteiger partial charge in [-0.3, -0.25) is 14.5 Å². The van der Waals surface area contributed by atoms with E-state index in [-0.39, 0.29) is 17.5 Å². The van der Waals surface area contributed by atoms with Crippen LogP contribution in [0.25, 0.3) is 0 Å². The SMILES string of the molecule is CCC(CN(C)C(C(=O)c1ccccc1)C(=O)c1ccccc1)c1ccccc1. The minimum Gasteiger partial charge on any atom is -0.292 e. The Morgan fingerprint density at radius 1 is 0.724 bits per heavy atom. The van der Waals surface area contributed by atoms with E-state index in [0.717, 1.165) is 6.42 Å². The van der Waals surface area contributed by atoms with Gasteiger partial charge in [-0.15, -0.1) is 0 Å². The molecule has 0 saturated heterocycles. The minimum atomic E-state index is -0.849. The minimum absolute atomic E-state index is 0.162. The van der Waals surface area contributed by atoms with Gasteiger partial charge in [0, 0.05) is 17.7 Å². The highest BCUT2D eigenvalue weighted by Gasteiger charge is 2.33. The second-order valence-electron chi connectivity index (χ2n) is 7.32. The molecule has 29 heavy (non-hydrogen) atoms. The van der Waals surface area contributed by atoms with Crippen molar-refractivity contribution in [1.82, 2.24) is 4.90 Å². The number of hydrogen-bond acceptors (Lipinski definition) is 3. The summed E-state index contributed by atoms with van der Waals surface area (Å²) >= 11 is 0. The van der Waals surface area contributed by atoms with E-state index in [4.69, 9.17) is 0 Å². The van der Waals surface area contributed by atoms with Crippen LogP contribution in [-0.4, -0.2) is 36.1 Å². The van der Waals surface area contributed by atoms with E-state index in [0.29, 0.717) is 17.7 Å². The molecule has 1 atom stereocenters. The maximum Gasteiger partial charge on any atom is 0.187 e. The zero-order valence-corrected chi connectivity index (χ0v) is 17.0. The Morgan fingerprint density at radius 3 is 1.55 bits per heavy atom. The van der Waals surface area contributed by atoms with Gasteiger partial charge in [0.25, 0.3) is 0 Å². The number of Topliss-reactive ketones (excluding diaryl/α,β-unsaturated/α-hetero) is 2. The summed E-state index contributed by atoms with van der Waals surface area (Å²) in [5.74, 6) is -0.0782. The van der Waals surface area contributed by atoms with Gasteiger partial charge >= 0.3 is 0 Å². The first-order valence-corrected chi connectivity index (χ1v) is 10.1. The van der Waals surface area contributed by atoms with E-state index in [1.165, 1.54) is 5.56 Å². The predicted molar refractivity (Wildman–Crippen MR) is 117 cm³/mol. The molecule has 3 aromatic rings. The number of nitrogens with zero attached hydrogens (tertiary/aromatic N) is 1. The molecule has 0 aromatic heterocycles. The molecule has 0 amide bonds. The lowest BCUT2D eigenvalue weighted by Crippen LogP contribution is -2.46. The zero-order chi connectivity index (χ0) is 20.6. The third-order valence-electron chi connectivity index (χ3n) is 5.33. The van der Waals surface area contributed by atoms with Gasteiger partial charge in [0.1, 0.15) is 6.04 Å². The number of benzene rings is 3. The molecule has 0 spiro atoms. The molecule has 0 radical (unpaired) electrons. The molecule has 0 aliphatic rings. The van der Waals surface area contributed by atoms with E-state index in [9.17, 15) is 9.59 Å². The Morgan fingerprint density at radius 2 is 1.14 bits per heavy atom.